The number of tetrazole rings is 1. The number of hydrogen-bond donors (Lipinski definition) is 2. The highest BCUT2D eigenvalue weighted by Crippen LogP contribution is 2.39. The maximum atomic E-state index is 13.5. The van der Waals surface area contributed by atoms with Gasteiger partial charge in [0.25, 0.3) is 6.43 Å². The molecule has 0 unspecified atom stereocenters. The topological polar surface area (TPSA) is 96.7 Å². The normalized spacial score (nSPS) is 11.6. The van der Waals surface area contributed by atoms with Crippen LogP contribution in [0.5, 0.6) is 0 Å². The number of rotatable bonds is 9. The molecule has 0 saturated carbocycles. The van der Waals surface area contributed by atoms with E-state index in [9.17, 15) is 18.7 Å². The van der Waals surface area contributed by atoms with Crippen LogP contribution in [0.3, 0.4) is 0 Å². The van der Waals surface area contributed by atoms with Gasteiger partial charge in [-0.2, -0.15) is 5.21 Å². The number of nitrogens with one attached hydrogen (secondary N) is 1. The molecule has 0 bridgehead atoms. The summed E-state index contributed by atoms with van der Waals surface area (Å²) in [5.74, 6) is -0.484. The summed E-state index contributed by atoms with van der Waals surface area (Å²) in [5.41, 5.74) is 5.76. The van der Waals surface area contributed by atoms with Crippen LogP contribution in [0.4, 0.5) is 8.78 Å². The Morgan fingerprint density at radius 3 is 2.58 bits per heavy atom. The van der Waals surface area contributed by atoms with Crippen LogP contribution in [-0.4, -0.2) is 36.3 Å². The predicted molar refractivity (Wildman–Crippen MR) is 134 cm³/mol. The number of fused-ring (bicyclic) bond motifs is 1. The summed E-state index contributed by atoms with van der Waals surface area (Å²) in [6, 6.07) is 14.8. The number of carboxylic acid groups (broad SMARTS) is 1. The molecule has 0 amide bonds. The molecule has 3 aromatic heterocycles. The van der Waals surface area contributed by atoms with Gasteiger partial charge in [0.1, 0.15) is 0 Å². The minimum absolute atomic E-state index is 0.00400. The Morgan fingerprint density at radius 2 is 1.92 bits per heavy atom. The van der Waals surface area contributed by atoms with E-state index >= 15 is 0 Å². The Kier molecular flexibility index (Phi) is 6.60. The molecule has 36 heavy (non-hydrogen) atoms. The van der Waals surface area contributed by atoms with Gasteiger partial charge in [-0.1, -0.05) is 35.0 Å². The third-order valence-corrected chi connectivity index (χ3v) is 7.20. The summed E-state index contributed by atoms with van der Waals surface area (Å²) < 4.78 is 29.0. The van der Waals surface area contributed by atoms with E-state index in [1.54, 1.807) is 23.6 Å². The van der Waals surface area contributed by atoms with Gasteiger partial charge in [-0.3, -0.25) is 0 Å². The first kappa shape index (κ1) is 23.8. The van der Waals surface area contributed by atoms with Crippen molar-refractivity contribution >= 4 is 28.2 Å². The van der Waals surface area contributed by atoms with Gasteiger partial charge in [-0.15, -0.1) is 21.5 Å². The van der Waals surface area contributed by atoms with Gasteiger partial charge in [-0.05, 0) is 55.2 Å². The lowest BCUT2D eigenvalue weighted by molar-refractivity contribution is 0.0697. The Hall–Kier alpha value is -3.92. The zero-order chi connectivity index (χ0) is 25.2. The van der Waals surface area contributed by atoms with Gasteiger partial charge in [-0.25, -0.2) is 13.6 Å². The quantitative estimate of drug-likeness (QED) is 0.261. The molecule has 0 radical (unpaired) electrons. The van der Waals surface area contributed by atoms with Crippen molar-refractivity contribution < 1.29 is 18.7 Å². The molecule has 5 aromatic rings. The van der Waals surface area contributed by atoms with Crippen molar-refractivity contribution in [1.29, 1.82) is 0 Å². The zero-order valence-electron chi connectivity index (χ0n) is 19.4. The number of aromatic carboxylic acids is 1. The first-order chi connectivity index (χ1) is 17.4. The van der Waals surface area contributed by atoms with Crippen molar-refractivity contribution in [3.8, 4) is 11.3 Å². The minimum Gasteiger partial charge on any atom is -0.478 e. The number of H-pyrrole nitrogens is 1. The summed E-state index contributed by atoms with van der Waals surface area (Å²) in [5, 5.41) is 26.3. The minimum atomic E-state index is -2.56. The highest BCUT2D eigenvalue weighted by atomic mass is 32.1. The molecule has 3 heterocycles. The van der Waals surface area contributed by atoms with Crippen molar-refractivity contribution in [2.75, 3.05) is 0 Å². The number of aromatic nitrogens is 5. The molecule has 10 heteroatoms. The Morgan fingerprint density at radius 1 is 1.11 bits per heavy atom. The number of aryl methyl sites for hydroxylation is 5. The number of carbonyl (C=O) groups is 1. The van der Waals surface area contributed by atoms with Gasteiger partial charge in [0.15, 0.2) is 5.82 Å². The lowest BCUT2D eigenvalue weighted by Gasteiger charge is -2.11. The average Bonchev–Trinajstić information content (AvgIpc) is 3.61. The van der Waals surface area contributed by atoms with Gasteiger partial charge < -0.3 is 9.67 Å². The molecule has 0 atom stereocenters. The highest BCUT2D eigenvalue weighted by Gasteiger charge is 2.22. The third kappa shape index (κ3) is 4.76. The molecule has 0 fully saturated rings. The molecule has 0 aliphatic carbocycles. The van der Waals surface area contributed by atoms with Crippen LogP contribution in [0, 0.1) is 6.92 Å². The van der Waals surface area contributed by atoms with Crippen LogP contribution >= 0.6 is 11.3 Å². The summed E-state index contributed by atoms with van der Waals surface area (Å²) in [4.78, 5) is 11.8. The van der Waals surface area contributed by atoms with Crippen LogP contribution in [-0.2, 0) is 25.8 Å². The maximum Gasteiger partial charge on any atom is 0.335 e. The largest absolute Gasteiger partial charge is 0.478 e. The Bertz CT molecular complexity index is 1510. The van der Waals surface area contributed by atoms with Crippen LogP contribution in [0.2, 0.25) is 0 Å². The van der Waals surface area contributed by atoms with Gasteiger partial charge in [0, 0.05) is 34.8 Å². The number of thiophene rings is 1. The summed E-state index contributed by atoms with van der Waals surface area (Å²) in [7, 11) is 0. The molecule has 0 spiro atoms. The Balaban J connectivity index is 1.67. The lowest BCUT2D eigenvalue weighted by atomic mass is 9.98. The van der Waals surface area contributed by atoms with E-state index in [4.69, 9.17) is 0 Å². The first-order valence-electron chi connectivity index (χ1n) is 11.4. The second-order valence-corrected chi connectivity index (χ2v) is 9.56. The second-order valence-electron chi connectivity index (χ2n) is 8.62. The van der Waals surface area contributed by atoms with E-state index in [-0.39, 0.29) is 10.4 Å². The van der Waals surface area contributed by atoms with Gasteiger partial charge in [0.2, 0.25) is 0 Å². The number of aromatic amines is 1. The fourth-order valence-electron chi connectivity index (χ4n) is 4.49. The monoisotopic (exact) mass is 507 g/mol. The van der Waals surface area contributed by atoms with Crippen molar-refractivity contribution in [3.63, 3.8) is 0 Å². The fourth-order valence-corrected chi connectivity index (χ4v) is 5.23. The van der Waals surface area contributed by atoms with Crippen LogP contribution in [0.1, 0.15) is 44.2 Å². The molecule has 5 rings (SSSR count). The van der Waals surface area contributed by atoms with Crippen LogP contribution in [0.25, 0.3) is 22.2 Å². The van der Waals surface area contributed by atoms with Crippen molar-refractivity contribution in [1.82, 2.24) is 25.2 Å². The predicted octanol–water partition coefficient (Wildman–Crippen LogP) is 5.86. The standard InChI is InChI=1S/C26H23F2N5O2S/c1-15-2-4-16(5-3-15)6-8-19-20-12-17(26(34)35)7-9-21(20)33(11-10-23-29-31-32-30-23)24(19)18-13-22(25(27)28)36-14-18/h2-5,7,9,12-14,25H,6,8,10-11H2,1H3,(H,34,35)(H,29,30,31,32). The van der Waals surface area contributed by atoms with E-state index in [0.29, 0.717) is 30.8 Å². The Labute approximate surface area is 209 Å². The third-order valence-electron chi connectivity index (χ3n) is 6.26. The van der Waals surface area contributed by atoms with Crippen LogP contribution < -0.4 is 0 Å². The van der Waals surface area contributed by atoms with Crippen molar-refractivity contribution in [2.45, 2.75) is 39.2 Å². The summed E-state index contributed by atoms with van der Waals surface area (Å²) >= 11 is 1.02. The smallest absolute Gasteiger partial charge is 0.335 e. The van der Waals surface area contributed by atoms with Crippen LogP contribution in [0.15, 0.2) is 53.9 Å². The number of hydrogen-bond acceptors (Lipinski definition) is 5. The molecule has 2 N–H and O–H groups in total. The lowest BCUT2D eigenvalue weighted by Crippen LogP contribution is -2.05. The molecule has 7 nitrogen and oxygen atoms in total. The number of benzene rings is 2. The van der Waals surface area contributed by atoms with E-state index in [1.807, 2.05) is 6.92 Å². The molecule has 2 aromatic carbocycles. The van der Waals surface area contributed by atoms with E-state index < -0.39 is 12.4 Å². The molecule has 0 aliphatic rings. The number of halogens is 2. The number of alkyl halides is 2. The molecular formula is C26H23F2N5O2S. The van der Waals surface area contributed by atoms with Crippen molar-refractivity contribution in [2.24, 2.45) is 0 Å². The van der Waals surface area contributed by atoms with E-state index in [1.165, 1.54) is 11.6 Å². The molecule has 0 saturated heterocycles. The molecular weight excluding hydrogens is 484 g/mol. The highest BCUT2D eigenvalue weighted by molar-refractivity contribution is 7.10. The summed E-state index contributed by atoms with van der Waals surface area (Å²) in [6.45, 7) is 2.51. The van der Waals surface area contributed by atoms with E-state index in [0.717, 1.165) is 45.5 Å². The molecule has 184 valence electrons. The average molecular weight is 508 g/mol. The maximum absolute atomic E-state index is 13.5. The van der Waals surface area contributed by atoms with E-state index in [2.05, 4.69) is 49.5 Å². The van der Waals surface area contributed by atoms with Gasteiger partial charge in [0.05, 0.1) is 16.1 Å². The SMILES string of the molecule is Cc1ccc(CCc2c(-c3csc(C(F)F)c3)n(CCc3nn[nH]n3)c3ccc(C(=O)O)cc23)cc1. The number of nitrogens with zero attached hydrogens (tertiary/aromatic N) is 4. The zero-order valence-corrected chi connectivity index (χ0v) is 20.2. The van der Waals surface area contributed by atoms with Crippen molar-refractivity contribution in [3.05, 3.63) is 86.9 Å². The number of carboxylic acids is 1. The molecule has 0 aliphatic heterocycles. The fraction of sp³-hybridized carbons (Fsp3) is 0.231. The summed E-state index contributed by atoms with van der Waals surface area (Å²) in [6.07, 6.45) is -0.750. The van der Waals surface area contributed by atoms with Gasteiger partial charge >= 0.3 is 5.97 Å². The second kappa shape index (κ2) is 9.98. The first-order valence-corrected chi connectivity index (χ1v) is 12.3.